The van der Waals surface area contributed by atoms with Crippen LogP contribution in [0.4, 0.5) is 0 Å². The molecule has 0 amide bonds. The van der Waals surface area contributed by atoms with Crippen LogP contribution in [0.5, 0.6) is 0 Å². The van der Waals surface area contributed by atoms with Gasteiger partial charge in [0, 0.05) is 0 Å². The molecule has 0 saturated carbocycles. The fraction of sp³-hybridized carbons (Fsp3) is 0.857. The molecule has 0 N–H and O–H groups in total. The molecule has 0 aliphatic carbocycles. The van der Waals surface area contributed by atoms with E-state index in [4.69, 9.17) is 0 Å². The number of hydrogen-bond donors (Lipinski definition) is 0. The lowest BCUT2D eigenvalue weighted by molar-refractivity contribution is 0.603. The summed E-state index contributed by atoms with van der Waals surface area (Å²) in [5, 5.41) is 0. The molecule has 0 heteroatoms. The molecule has 0 aliphatic rings. The summed E-state index contributed by atoms with van der Waals surface area (Å²) in [6.45, 7) is 6.79. The molecule has 0 heterocycles. The average molecular weight is 196 g/mol. The van der Waals surface area contributed by atoms with Crippen LogP contribution < -0.4 is 0 Å². The number of unbranched alkanes of at least 4 members (excludes halogenated alkanes) is 5. The lowest BCUT2D eigenvalue weighted by Crippen LogP contribution is -1.84. The first kappa shape index (κ1) is 13.7. The van der Waals surface area contributed by atoms with Crippen molar-refractivity contribution in [2.45, 2.75) is 78.6 Å². The Morgan fingerprint density at radius 2 is 1.50 bits per heavy atom. The molecular formula is C14H28. The third kappa shape index (κ3) is 8.34. The fourth-order valence-electron chi connectivity index (χ4n) is 1.84. The molecule has 14 heavy (non-hydrogen) atoms. The van der Waals surface area contributed by atoms with Gasteiger partial charge in [0.1, 0.15) is 0 Å². The highest BCUT2D eigenvalue weighted by molar-refractivity contribution is 5.00. The molecule has 0 aliphatic heterocycles. The minimum absolute atomic E-state index is 1.21. The van der Waals surface area contributed by atoms with Crippen molar-refractivity contribution < 1.29 is 0 Å². The van der Waals surface area contributed by atoms with E-state index in [1.54, 1.807) is 5.57 Å². The molecule has 0 fully saturated rings. The van der Waals surface area contributed by atoms with Crippen molar-refractivity contribution >= 4 is 0 Å². The van der Waals surface area contributed by atoms with Gasteiger partial charge in [-0.05, 0) is 25.7 Å². The van der Waals surface area contributed by atoms with Crippen LogP contribution >= 0.6 is 0 Å². The number of hydrogen-bond acceptors (Lipinski definition) is 0. The zero-order chi connectivity index (χ0) is 10.6. The highest BCUT2D eigenvalue weighted by Crippen LogP contribution is 2.14. The first-order valence-electron chi connectivity index (χ1n) is 6.53. The molecular weight excluding hydrogens is 168 g/mol. The van der Waals surface area contributed by atoms with E-state index >= 15 is 0 Å². The van der Waals surface area contributed by atoms with Gasteiger partial charge in [-0.1, -0.05) is 64.5 Å². The second-order valence-corrected chi connectivity index (χ2v) is 4.14. The quantitative estimate of drug-likeness (QED) is 0.338. The van der Waals surface area contributed by atoms with Gasteiger partial charge in [-0.3, -0.25) is 0 Å². The Labute approximate surface area is 90.8 Å². The Morgan fingerprint density at radius 1 is 0.857 bits per heavy atom. The third-order valence-corrected chi connectivity index (χ3v) is 2.80. The summed E-state index contributed by atoms with van der Waals surface area (Å²) in [5.74, 6) is 0. The molecule has 0 bridgehead atoms. The monoisotopic (exact) mass is 196 g/mol. The van der Waals surface area contributed by atoms with Gasteiger partial charge < -0.3 is 0 Å². The van der Waals surface area contributed by atoms with E-state index in [2.05, 4.69) is 26.8 Å². The molecule has 0 radical (unpaired) electrons. The SMILES string of the molecule is CC/C=C(\CC)CCCCCCCC. The summed E-state index contributed by atoms with van der Waals surface area (Å²) in [6, 6.07) is 0. The fourth-order valence-corrected chi connectivity index (χ4v) is 1.84. The molecule has 0 aromatic heterocycles. The molecule has 0 aromatic carbocycles. The Balaban J connectivity index is 3.29. The summed E-state index contributed by atoms with van der Waals surface area (Å²) >= 11 is 0. The van der Waals surface area contributed by atoms with Crippen LogP contribution in [-0.4, -0.2) is 0 Å². The van der Waals surface area contributed by atoms with Gasteiger partial charge in [0.15, 0.2) is 0 Å². The molecule has 0 atom stereocenters. The van der Waals surface area contributed by atoms with Gasteiger partial charge in [-0.25, -0.2) is 0 Å². The molecule has 84 valence electrons. The summed E-state index contributed by atoms with van der Waals surface area (Å²) in [6.07, 6.45) is 14.7. The Hall–Kier alpha value is -0.260. The highest BCUT2D eigenvalue weighted by atomic mass is 14.0. The van der Waals surface area contributed by atoms with E-state index in [1.807, 2.05) is 0 Å². The lowest BCUT2D eigenvalue weighted by Gasteiger charge is -2.04. The number of allylic oxidation sites excluding steroid dienone is 2. The lowest BCUT2D eigenvalue weighted by atomic mass is 10.0. The maximum absolute atomic E-state index is 2.41. The van der Waals surface area contributed by atoms with Crippen molar-refractivity contribution in [2.24, 2.45) is 0 Å². The second-order valence-electron chi connectivity index (χ2n) is 4.14. The molecule has 0 spiro atoms. The van der Waals surface area contributed by atoms with E-state index in [1.165, 1.54) is 57.8 Å². The number of rotatable bonds is 9. The first-order chi connectivity index (χ1) is 6.85. The Bertz CT molecular complexity index is 133. The van der Waals surface area contributed by atoms with Gasteiger partial charge in [-0.15, -0.1) is 0 Å². The maximum Gasteiger partial charge on any atom is -0.0320 e. The van der Waals surface area contributed by atoms with Gasteiger partial charge in [0.25, 0.3) is 0 Å². The Kier molecular flexibility index (Phi) is 10.6. The summed E-state index contributed by atoms with van der Waals surface area (Å²) in [5.41, 5.74) is 1.67. The van der Waals surface area contributed by atoms with E-state index in [-0.39, 0.29) is 0 Å². The molecule has 0 unspecified atom stereocenters. The molecule has 0 aromatic rings. The van der Waals surface area contributed by atoms with Gasteiger partial charge in [0.05, 0.1) is 0 Å². The zero-order valence-corrected chi connectivity index (χ0v) is 10.4. The van der Waals surface area contributed by atoms with E-state index in [0.717, 1.165) is 0 Å². The normalized spacial score (nSPS) is 12.1. The zero-order valence-electron chi connectivity index (χ0n) is 10.4. The van der Waals surface area contributed by atoms with Crippen LogP contribution in [0.2, 0.25) is 0 Å². The standard InChI is InChI=1S/C14H28/c1-4-7-8-9-10-11-13-14(6-3)12-5-2/h12H,4-11,13H2,1-3H3/b14-12+. The maximum atomic E-state index is 2.41. The smallest absolute Gasteiger partial charge is 0.0320 e. The van der Waals surface area contributed by atoms with E-state index in [0.29, 0.717) is 0 Å². The predicted octanol–water partition coefficient (Wildman–Crippen LogP) is 5.48. The molecule has 0 saturated heterocycles. The van der Waals surface area contributed by atoms with Crippen molar-refractivity contribution in [1.82, 2.24) is 0 Å². The minimum atomic E-state index is 1.21. The molecule has 0 nitrogen and oxygen atoms in total. The van der Waals surface area contributed by atoms with Crippen LogP contribution in [-0.2, 0) is 0 Å². The topological polar surface area (TPSA) is 0 Å². The summed E-state index contributed by atoms with van der Waals surface area (Å²) in [4.78, 5) is 0. The van der Waals surface area contributed by atoms with Crippen molar-refractivity contribution in [3.05, 3.63) is 11.6 Å². The van der Waals surface area contributed by atoms with Crippen LogP contribution in [0.3, 0.4) is 0 Å². The van der Waals surface area contributed by atoms with Gasteiger partial charge in [-0.2, -0.15) is 0 Å². The molecule has 0 rings (SSSR count). The summed E-state index contributed by atoms with van der Waals surface area (Å²) < 4.78 is 0. The van der Waals surface area contributed by atoms with Crippen LogP contribution in [0, 0.1) is 0 Å². The summed E-state index contributed by atoms with van der Waals surface area (Å²) in [7, 11) is 0. The third-order valence-electron chi connectivity index (χ3n) is 2.80. The van der Waals surface area contributed by atoms with Gasteiger partial charge in [0.2, 0.25) is 0 Å². The Morgan fingerprint density at radius 3 is 2.07 bits per heavy atom. The van der Waals surface area contributed by atoms with Crippen molar-refractivity contribution in [1.29, 1.82) is 0 Å². The van der Waals surface area contributed by atoms with Crippen LogP contribution in [0.1, 0.15) is 78.6 Å². The van der Waals surface area contributed by atoms with Crippen molar-refractivity contribution in [3.63, 3.8) is 0 Å². The van der Waals surface area contributed by atoms with Crippen molar-refractivity contribution in [3.8, 4) is 0 Å². The minimum Gasteiger partial charge on any atom is -0.0856 e. The van der Waals surface area contributed by atoms with Crippen LogP contribution in [0.15, 0.2) is 11.6 Å². The largest absolute Gasteiger partial charge is 0.0856 e. The van der Waals surface area contributed by atoms with Gasteiger partial charge >= 0.3 is 0 Å². The van der Waals surface area contributed by atoms with Crippen molar-refractivity contribution in [2.75, 3.05) is 0 Å². The predicted molar refractivity (Wildman–Crippen MR) is 66.7 cm³/mol. The highest BCUT2D eigenvalue weighted by Gasteiger charge is 1.94. The average Bonchev–Trinajstić information content (AvgIpc) is 2.21. The van der Waals surface area contributed by atoms with E-state index < -0.39 is 0 Å². The first-order valence-corrected chi connectivity index (χ1v) is 6.53. The second kappa shape index (κ2) is 10.8. The van der Waals surface area contributed by atoms with E-state index in [9.17, 15) is 0 Å². The van der Waals surface area contributed by atoms with Crippen LogP contribution in [0.25, 0.3) is 0 Å².